The van der Waals surface area contributed by atoms with Gasteiger partial charge in [0.2, 0.25) is 0 Å². The van der Waals surface area contributed by atoms with E-state index in [1.165, 1.54) is 5.56 Å². The summed E-state index contributed by atoms with van der Waals surface area (Å²) in [6.07, 6.45) is 0. The van der Waals surface area contributed by atoms with Crippen molar-refractivity contribution in [1.82, 2.24) is 14.6 Å². The second-order valence-corrected chi connectivity index (χ2v) is 7.28. The third kappa shape index (κ3) is 3.31. The Morgan fingerprint density at radius 2 is 1.70 bits per heavy atom. The summed E-state index contributed by atoms with van der Waals surface area (Å²) >= 11 is 0. The molecule has 0 saturated carbocycles. The number of hydrogen-bond donors (Lipinski definition) is 1. The molecule has 0 aliphatic heterocycles. The quantitative estimate of drug-likeness (QED) is 0.496. The van der Waals surface area contributed by atoms with E-state index in [1.54, 1.807) is 0 Å². The first-order valence-corrected chi connectivity index (χ1v) is 9.32. The molecule has 136 valence electrons. The van der Waals surface area contributed by atoms with Crippen molar-refractivity contribution >= 4 is 17.2 Å². The van der Waals surface area contributed by atoms with Gasteiger partial charge in [0, 0.05) is 23.0 Å². The molecular formula is C23H24N4. The minimum absolute atomic E-state index is 0.326. The summed E-state index contributed by atoms with van der Waals surface area (Å²) in [6, 6.07) is 20.8. The Labute approximate surface area is 159 Å². The van der Waals surface area contributed by atoms with Gasteiger partial charge in [0.1, 0.15) is 5.82 Å². The van der Waals surface area contributed by atoms with Gasteiger partial charge in [0.25, 0.3) is 0 Å². The molecule has 0 aliphatic carbocycles. The third-order valence-corrected chi connectivity index (χ3v) is 4.73. The van der Waals surface area contributed by atoms with Crippen molar-refractivity contribution in [1.29, 1.82) is 0 Å². The molecule has 0 aliphatic rings. The van der Waals surface area contributed by atoms with E-state index >= 15 is 0 Å². The number of anilines is 2. The summed E-state index contributed by atoms with van der Waals surface area (Å²) in [7, 11) is 0. The third-order valence-electron chi connectivity index (χ3n) is 4.73. The molecule has 0 radical (unpaired) electrons. The molecule has 0 atom stereocenters. The average Bonchev–Trinajstić information content (AvgIpc) is 2.98. The Morgan fingerprint density at radius 3 is 2.41 bits per heavy atom. The zero-order chi connectivity index (χ0) is 19.0. The summed E-state index contributed by atoms with van der Waals surface area (Å²) in [5, 5.41) is 8.34. The fourth-order valence-electron chi connectivity index (χ4n) is 3.34. The molecule has 2 heterocycles. The highest BCUT2D eigenvalue weighted by molar-refractivity contribution is 5.81. The van der Waals surface area contributed by atoms with Crippen LogP contribution in [0.2, 0.25) is 0 Å². The normalized spacial score (nSPS) is 11.3. The molecule has 4 heteroatoms. The van der Waals surface area contributed by atoms with Crippen LogP contribution in [0, 0.1) is 13.8 Å². The maximum atomic E-state index is 4.95. The van der Waals surface area contributed by atoms with Crippen molar-refractivity contribution in [3.05, 3.63) is 77.6 Å². The molecule has 4 aromatic rings. The maximum absolute atomic E-state index is 4.95. The summed E-state index contributed by atoms with van der Waals surface area (Å²) in [4.78, 5) is 4.95. The van der Waals surface area contributed by atoms with E-state index in [1.807, 2.05) is 17.5 Å². The van der Waals surface area contributed by atoms with E-state index in [0.29, 0.717) is 5.92 Å². The van der Waals surface area contributed by atoms with Crippen LogP contribution in [-0.4, -0.2) is 14.6 Å². The van der Waals surface area contributed by atoms with Gasteiger partial charge in [-0.05, 0) is 43.0 Å². The molecule has 27 heavy (non-hydrogen) atoms. The van der Waals surface area contributed by atoms with E-state index in [9.17, 15) is 0 Å². The Morgan fingerprint density at radius 1 is 0.926 bits per heavy atom. The lowest BCUT2D eigenvalue weighted by molar-refractivity contribution is 0.810. The number of nitrogens with zero attached hydrogens (tertiary/aromatic N) is 3. The highest BCUT2D eigenvalue weighted by Gasteiger charge is 2.17. The Bertz CT molecular complexity index is 1090. The fraction of sp³-hybridized carbons (Fsp3) is 0.217. The maximum Gasteiger partial charge on any atom is 0.165 e. The van der Waals surface area contributed by atoms with E-state index < -0.39 is 0 Å². The van der Waals surface area contributed by atoms with Crippen LogP contribution in [0.25, 0.3) is 16.8 Å². The zero-order valence-corrected chi connectivity index (χ0v) is 16.2. The first kappa shape index (κ1) is 17.3. The predicted octanol–water partition coefficient (Wildman–Crippen LogP) is 5.88. The second-order valence-electron chi connectivity index (χ2n) is 7.28. The smallest absolute Gasteiger partial charge is 0.165 e. The van der Waals surface area contributed by atoms with Crippen molar-refractivity contribution in [2.45, 2.75) is 33.6 Å². The molecule has 2 aromatic carbocycles. The van der Waals surface area contributed by atoms with Gasteiger partial charge in [0.15, 0.2) is 5.65 Å². The Kier molecular flexibility index (Phi) is 4.40. The van der Waals surface area contributed by atoms with Gasteiger partial charge < -0.3 is 5.32 Å². The highest BCUT2D eigenvalue weighted by Crippen LogP contribution is 2.31. The van der Waals surface area contributed by atoms with Crippen molar-refractivity contribution in [3.63, 3.8) is 0 Å². The molecule has 0 fully saturated rings. The minimum atomic E-state index is 0.326. The average molecular weight is 356 g/mol. The largest absolute Gasteiger partial charge is 0.340 e. The lowest BCUT2D eigenvalue weighted by Gasteiger charge is -2.13. The van der Waals surface area contributed by atoms with E-state index in [4.69, 9.17) is 10.1 Å². The van der Waals surface area contributed by atoms with Crippen molar-refractivity contribution in [2.24, 2.45) is 0 Å². The van der Waals surface area contributed by atoms with E-state index in [2.05, 4.69) is 80.7 Å². The van der Waals surface area contributed by atoms with Gasteiger partial charge in [-0.1, -0.05) is 56.3 Å². The number of hydrogen-bond acceptors (Lipinski definition) is 3. The summed E-state index contributed by atoms with van der Waals surface area (Å²) in [6.45, 7) is 8.47. The Balaban J connectivity index is 1.93. The first-order valence-electron chi connectivity index (χ1n) is 9.32. The fourth-order valence-corrected chi connectivity index (χ4v) is 3.34. The van der Waals surface area contributed by atoms with Crippen LogP contribution in [-0.2, 0) is 0 Å². The number of benzene rings is 2. The predicted molar refractivity (Wildman–Crippen MR) is 112 cm³/mol. The first-order chi connectivity index (χ1) is 13.0. The van der Waals surface area contributed by atoms with Crippen molar-refractivity contribution < 1.29 is 0 Å². The SMILES string of the molecule is Cc1cccc(Nc2cc(C(C)C)nc3c(-c4ccccc4)c(C)nn23)c1. The van der Waals surface area contributed by atoms with Gasteiger partial charge in [-0.15, -0.1) is 0 Å². The van der Waals surface area contributed by atoms with E-state index in [-0.39, 0.29) is 0 Å². The molecule has 0 bridgehead atoms. The Hall–Kier alpha value is -3.14. The van der Waals surface area contributed by atoms with Gasteiger partial charge in [-0.25, -0.2) is 4.98 Å². The van der Waals surface area contributed by atoms with Crippen molar-refractivity contribution in [3.8, 4) is 11.1 Å². The van der Waals surface area contributed by atoms with Crippen LogP contribution in [0.15, 0.2) is 60.7 Å². The topological polar surface area (TPSA) is 42.2 Å². The molecule has 2 aromatic heterocycles. The number of aryl methyl sites for hydroxylation is 2. The van der Waals surface area contributed by atoms with E-state index in [0.717, 1.165) is 39.7 Å². The molecule has 0 amide bonds. The molecule has 1 N–H and O–H groups in total. The van der Waals surface area contributed by atoms with Crippen LogP contribution in [0.4, 0.5) is 11.5 Å². The van der Waals surface area contributed by atoms with Crippen LogP contribution in [0.3, 0.4) is 0 Å². The minimum Gasteiger partial charge on any atom is -0.340 e. The second kappa shape index (κ2) is 6.88. The monoisotopic (exact) mass is 356 g/mol. The van der Waals surface area contributed by atoms with Gasteiger partial charge in [0.05, 0.1) is 5.69 Å². The number of aromatic nitrogens is 3. The molecule has 4 rings (SSSR count). The number of fused-ring (bicyclic) bond motifs is 1. The summed E-state index contributed by atoms with van der Waals surface area (Å²) < 4.78 is 1.92. The lowest BCUT2D eigenvalue weighted by Crippen LogP contribution is -2.05. The highest BCUT2D eigenvalue weighted by atomic mass is 15.3. The summed E-state index contributed by atoms with van der Waals surface area (Å²) in [5.74, 6) is 1.26. The van der Waals surface area contributed by atoms with Gasteiger partial charge in [-0.3, -0.25) is 0 Å². The van der Waals surface area contributed by atoms with Crippen LogP contribution >= 0.6 is 0 Å². The molecule has 0 spiro atoms. The van der Waals surface area contributed by atoms with Crippen molar-refractivity contribution in [2.75, 3.05) is 5.32 Å². The number of nitrogens with one attached hydrogen (secondary N) is 1. The standard InChI is InChI=1S/C23H24N4/c1-15(2)20-14-21(24-19-12-8-9-16(3)13-19)27-23(25-20)22(17(4)26-27)18-10-6-5-7-11-18/h5-15,24H,1-4H3. The molecular weight excluding hydrogens is 332 g/mol. The lowest BCUT2D eigenvalue weighted by atomic mass is 10.1. The summed E-state index contributed by atoms with van der Waals surface area (Å²) in [5.41, 5.74) is 7.41. The van der Waals surface area contributed by atoms with Crippen LogP contribution < -0.4 is 5.32 Å². The molecule has 0 unspecified atom stereocenters. The van der Waals surface area contributed by atoms with Gasteiger partial charge >= 0.3 is 0 Å². The molecule has 4 nitrogen and oxygen atoms in total. The van der Waals surface area contributed by atoms with Crippen LogP contribution in [0.1, 0.15) is 36.7 Å². The van der Waals surface area contributed by atoms with Crippen LogP contribution in [0.5, 0.6) is 0 Å². The molecule has 0 saturated heterocycles. The number of rotatable bonds is 4. The van der Waals surface area contributed by atoms with Gasteiger partial charge in [-0.2, -0.15) is 9.61 Å². The zero-order valence-electron chi connectivity index (χ0n) is 16.2.